The van der Waals surface area contributed by atoms with Crippen molar-refractivity contribution in [3.8, 4) is 11.6 Å². The van der Waals surface area contributed by atoms with Crippen LogP contribution in [0.3, 0.4) is 0 Å². The van der Waals surface area contributed by atoms with Crippen molar-refractivity contribution in [2.75, 3.05) is 6.26 Å². The number of aryl methyl sites for hydroxylation is 1. The molecule has 0 N–H and O–H groups in total. The van der Waals surface area contributed by atoms with Gasteiger partial charge in [-0.05, 0) is 36.8 Å². The second kappa shape index (κ2) is 5.81. The first-order valence-corrected chi connectivity index (χ1v) is 8.32. The lowest BCUT2D eigenvalue weighted by molar-refractivity contribution is 0.457. The Morgan fingerprint density at radius 2 is 2.05 bits per heavy atom. The molecule has 0 saturated heterocycles. The van der Waals surface area contributed by atoms with Gasteiger partial charge in [0.15, 0.2) is 9.84 Å². The Morgan fingerprint density at radius 3 is 2.65 bits per heavy atom. The molecule has 2 aromatic rings. The normalized spacial score (nSPS) is 11.3. The number of benzene rings is 1. The van der Waals surface area contributed by atoms with E-state index in [0.717, 1.165) is 17.4 Å². The number of rotatable bonds is 4. The van der Waals surface area contributed by atoms with Crippen LogP contribution >= 0.6 is 11.6 Å². The van der Waals surface area contributed by atoms with Crippen LogP contribution in [0, 0.1) is 6.92 Å². The van der Waals surface area contributed by atoms with E-state index in [4.69, 9.17) is 16.3 Å². The van der Waals surface area contributed by atoms with E-state index in [-0.39, 0.29) is 4.90 Å². The second-order valence-electron chi connectivity index (χ2n) is 4.45. The summed E-state index contributed by atoms with van der Waals surface area (Å²) in [6, 6.07) is 8.21. The molecule has 0 unspecified atom stereocenters. The summed E-state index contributed by atoms with van der Waals surface area (Å²) in [5.41, 5.74) is 1.74. The molecule has 4 nitrogen and oxygen atoms in total. The van der Waals surface area contributed by atoms with Crippen LogP contribution in [0.1, 0.15) is 11.1 Å². The van der Waals surface area contributed by atoms with Gasteiger partial charge in [-0.3, -0.25) is 0 Å². The fourth-order valence-corrected chi connectivity index (χ4v) is 2.48. The van der Waals surface area contributed by atoms with E-state index in [0.29, 0.717) is 17.5 Å². The average molecular weight is 312 g/mol. The molecule has 1 heterocycles. The molecule has 0 amide bonds. The molecular formula is C14H14ClNO3S. The van der Waals surface area contributed by atoms with Gasteiger partial charge in [0, 0.05) is 23.9 Å². The molecule has 1 aromatic heterocycles. The molecule has 0 atom stereocenters. The highest BCUT2D eigenvalue weighted by atomic mass is 35.5. The van der Waals surface area contributed by atoms with Crippen LogP contribution in [-0.2, 0) is 15.7 Å². The Labute approximate surface area is 123 Å². The zero-order valence-corrected chi connectivity index (χ0v) is 12.7. The number of aromatic nitrogens is 1. The fraction of sp³-hybridized carbons (Fsp3) is 0.214. The van der Waals surface area contributed by atoms with E-state index in [9.17, 15) is 8.42 Å². The smallest absolute Gasteiger partial charge is 0.222 e. The number of hydrogen-bond donors (Lipinski definition) is 0. The summed E-state index contributed by atoms with van der Waals surface area (Å²) in [6.07, 6.45) is 2.79. The molecule has 0 bridgehead atoms. The van der Waals surface area contributed by atoms with Crippen molar-refractivity contribution in [1.82, 2.24) is 4.98 Å². The monoisotopic (exact) mass is 311 g/mol. The lowest BCUT2D eigenvalue weighted by atomic mass is 10.2. The maximum absolute atomic E-state index is 11.5. The summed E-state index contributed by atoms with van der Waals surface area (Å²) in [6.45, 7) is 1.86. The number of alkyl halides is 1. The maximum atomic E-state index is 11.5. The summed E-state index contributed by atoms with van der Waals surface area (Å²) in [5.74, 6) is 1.25. The minimum Gasteiger partial charge on any atom is -0.439 e. The molecular weight excluding hydrogens is 298 g/mol. The van der Waals surface area contributed by atoms with Crippen molar-refractivity contribution in [2.45, 2.75) is 17.7 Å². The first-order chi connectivity index (χ1) is 9.40. The molecule has 0 aliphatic carbocycles. The fourth-order valence-electron chi connectivity index (χ4n) is 1.68. The Bertz CT molecular complexity index is 729. The van der Waals surface area contributed by atoms with Gasteiger partial charge in [-0.1, -0.05) is 6.07 Å². The van der Waals surface area contributed by atoms with E-state index in [1.807, 2.05) is 13.0 Å². The molecule has 0 saturated carbocycles. The zero-order chi connectivity index (χ0) is 14.8. The Hall–Kier alpha value is -1.59. The quantitative estimate of drug-likeness (QED) is 0.813. The van der Waals surface area contributed by atoms with Crippen LogP contribution in [0.5, 0.6) is 11.6 Å². The van der Waals surface area contributed by atoms with Gasteiger partial charge < -0.3 is 4.74 Å². The van der Waals surface area contributed by atoms with Gasteiger partial charge in [0.2, 0.25) is 5.88 Å². The Morgan fingerprint density at radius 1 is 1.30 bits per heavy atom. The van der Waals surface area contributed by atoms with E-state index < -0.39 is 9.84 Å². The SMILES string of the molecule is Cc1cc(CCl)cnc1Oc1cccc(S(C)(=O)=O)c1. The molecule has 0 spiro atoms. The standard InChI is InChI=1S/C14H14ClNO3S/c1-10-6-11(8-15)9-16-14(10)19-12-4-3-5-13(7-12)20(2,17)18/h3-7,9H,8H2,1-2H3. The van der Waals surface area contributed by atoms with Gasteiger partial charge in [-0.25, -0.2) is 13.4 Å². The minimum absolute atomic E-state index is 0.213. The first-order valence-electron chi connectivity index (χ1n) is 5.89. The lowest BCUT2D eigenvalue weighted by Gasteiger charge is -2.09. The lowest BCUT2D eigenvalue weighted by Crippen LogP contribution is -1.98. The molecule has 20 heavy (non-hydrogen) atoms. The van der Waals surface area contributed by atoms with Gasteiger partial charge in [0.05, 0.1) is 4.90 Å². The van der Waals surface area contributed by atoms with E-state index in [2.05, 4.69) is 4.98 Å². The van der Waals surface area contributed by atoms with E-state index >= 15 is 0 Å². The van der Waals surface area contributed by atoms with Crippen molar-refractivity contribution in [1.29, 1.82) is 0 Å². The number of pyridine rings is 1. The van der Waals surface area contributed by atoms with Crippen LogP contribution in [0.2, 0.25) is 0 Å². The van der Waals surface area contributed by atoms with Gasteiger partial charge in [-0.2, -0.15) is 0 Å². The predicted molar refractivity (Wildman–Crippen MR) is 78.2 cm³/mol. The highest BCUT2D eigenvalue weighted by Gasteiger charge is 2.10. The molecule has 0 aliphatic heterocycles. The molecule has 106 valence electrons. The highest BCUT2D eigenvalue weighted by Crippen LogP contribution is 2.25. The molecule has 0 fully saturated rings. The average Bonchev–Trinajstić information content (AvgIpc) is 2.40. The van der Waals surface area contributed by atoms with Gasteiger partial charge in [0.25, 0.3) is 0 Å². The largest absolute Gasteiger partial charge is 0.439 e. The van der Waals surface area contributed by atoms with Crippen LogP contribution < -0.4 is 4.74 Å². The van der Waals surface area contributed by atoms with E-state index in [1.54, 1.807) is 18.3 Å². The third-order valence-electron chi connectivity index (χ3n) is 2.69. The molecule has 2 rings (SSSR count). The van der Waals surface area contributed by atoms with E-state index in [1.165, 1.54) is 12.1 Å². The number of nitrogens with zero attached hydrogens (tertiary/aromatic N) is 1. The Balaban J connectivity index is 2.31. The highest BCUT2D eigenvalue weighted by molar-refractivity contribution is 7.90. The maximum Gasteiger partial charge on any atom is 0.222 e. The molecule has 0 aliphatic rings. The predicted octanol–water partition coefficient (Wildman–Crippen LogP) is 3.32. The summed E-state index contributed by atoms with van der Waals surface area (Å²) >= 11 is 5.73. The van der Waals surface area contributed by atoms with Crippen LogP contribution in [0.4, 0.5) is 0 Å². The van der Waals surface area contributed by atoms with Crippen molar-refractivity contribution in [3.63, 3.8) is 0 Å². The Kier molecular flexibility index (Phi) is 4.30. The molecule has 0 radical (unpaired) electrons. The summed E-state index contributed by atoms with van der Waals surface area (Å²) in [7, 11) is -3.26. The van der Waals surface area contributed by atoms with Crippen LogP contribution in [0.25, 0.3) is 0 Å². The molecule has 1 aromatic carbocycles. The number of halogens is 1. The van der Waals surface area contributed by atoms with Crippen molar-refractivity contribution < 1.29 is 13.2 Å². The van der Waals surface area contributed by atoms with Crippen LogP contribution in [-0.4, -0.2) is 19.7 Å². The summed E-state index contributed by atoms with van der Waals surface area (Å²) < 4.78 is 28.6. The topological polar surface area (TPSA) is 56.3 Å². The third-order valence-corrected chi connectivity index (χ3v) is 4.11. The van der Waals surface area contributed by atoms with Crippen LogP contribution in [0.15, 0.2) is 41.4 Å². The number of sulfone groups is 1. The zero-order valence-electron chi connectivity index (χ0n) is 11.1. The minimum atomic E-state index is -3.26. The van der Waals surface area contributed by atoms with Gasteiger partial charge >= 0.3 is 0 Å². The summed E-state index contributed by atoms with van der Waals surface area (Å²) in [5, 5.41) is 0. The van der Waals surface area contributed by atoms with Crippen molar-refractivity contribution >= 4 is 21.4 Å². The molecule has 6 heteroatoms. The second-order valence-corrected chi connectivity index (χ2v) is 6.73. The number of ether oxygens (including phenoxy) is 1. The van der Waals surface area contributed by atoms with Gasteiger partial charge in [0.1, 0.15) is 5.75 Å². The van der Waals surface area contributed by atoms with Crippen molar-refractivity contribution in [3.05, 3.63) is 47.7 Å². The third kappa shape index (κ3) is 3.49. The number of hydrogen-bond acceptors (Lipinski definition) is 4. The van der Waals surface area contributed by atoms with Gasteiger partial charge in [-0.15, -0.1) is 11.6 Å². The summed E-state index contributed by atoms with van der Waals surface area (Å²) in [4.78, 5) is 4.39. The van der Waals surface area contributed by atoms with Crippen molar-refractivity contribution in [2.24, 2.45) is 0 Å². The first kappa shape index (κ1) is 14.8.